The highest BCUT2D eigenvalue weighted by atomic mass is 16.3. The fourth-order valence-electron chi connectivity index (χ4n) is 6.35. The second kappa shape index (κ2) is 5.02. The van der Waals surface area contributed by atoms with Crippen molar-refractivity contribution in [3.63, 3.8) is 0 Å². The molecule has 5 atom stereocenters. The van der Waals surface area contributed by atoms with E-state index >= 15 is 0 Å². The molecule has 2 nitrogen and oxygen atoms in total. The second-order valence-corrected chi connectivity index (χ2v) is 7.89. The predicted molar refractivity (Wildman–Crippen MR) is 91.1 cm³/mol. The average Bonchev–Trinajstić information content (AvgIpc) is 2.88. The zero-order valence-electron chi connectivity index (χ0n) is 13.9. The van der Waals surface area contributed by atoms with Crippen LogP contribution in [0, 0.1) is 29.6 Å². The Morgan fingerprint density at radius 3 is 2.83 bits per heavy atom. The molecule has 2 fully saturated rings. The molecule has 0 bridgehead atoms. The van der Waals surface area contributed by atoms with Gasteiger partial charge in [0.2, 0.25) is 0 Å². The number of hydrogen-bond acceptors (Lipinski definition) is 2. The van der Waals surface area contributed by atoms with Crippen LogP contribution in [0.25, 0.3) is 0 Å². The average molecular weight is 310 g/mol. The first-order valence-corrected chi connectivity index (χ1v) is 9.06. The summed E-state index contributed by atoms with van der Waals surface area (Å²) in [5.41, 5.74) is 1.75. The molecule has 1 aromatic rings. The number of aryl methyl sites for hydroxylation is 1. The van der Waals surface area contributed by atoms with Crippen LogP contribution in [0.3, 0.4) is 0 Å². The molecule has 23 heavy (non-hydrogen) atoms. The summed E-state index contributed by atoms with van der Waals surface area (Å²) in [6.07, 6.45) is 12.9. The molecule has 2 heteroatoms. The van der Waals surface area contributed by atoms with Gasteiger partial charge in [-0.15, -0.1) is 6.42 Å². The second-order valence-electron chi connectivity index (χ2n) is 7.89. The van der Waals surface area contributed by atoms with E-state index < -0.39 is 5.60 Å². The van der Waals surface area contributed by atoms with Gasteiger partial charge in [0.1, 0.15) is 11.4 Å². The quantitative estimate of drug-likeness (QED) is 0.770. The molecular weight excluding hydrogens is 284 g/mol. The molecule has 2 N–H and O–H groups in total. The number of phenols is 1. The highest BCUT2D eigenvalue weighted by Crippen LogP contribution is 2.65. The van der Waals surface area contributed by atoms with Crippen LogP contribution in [0.1, 0.15) is 62.5 Å². The van der Waals surface area contributed by atoms with Gasteiger partial charge in [0.25, 0.3) is 0 Å². The molecule has 0 aromatic heterocycles. The van der Waals surface area contributed by atoms with Gasteiger partial charge in [-0.3, -0.25) is 0 Å². The molecule has 0 heterocycles. The molecule has 3 aliphatic rings. The van der Waals surface area contributed by atoms with E-state index in [4.69, 9.17) is 6.42 Å². The predicted octanol–water partition coefficient (Wildman–Crippen LogP) is 4.00. The normalized spacial score (nSPS) is 41.5. The first-order valence-electron chi connectivity index (χ1n) is 9.06. The summed E-state index contributed by atoms with van der Waals surface area (Å²) in [4.78, 5) is 0. The molecule has 1 aromatic carbocycles. The van der Waals surface area contributed by atoms with Crippen LogP contribution in [0.2, 0.25) is 0 Å². The van der Waals surface area contributed by atoms with Gasteiger partial charge in [-0.2, -0.15) is 0 Å². The van der Waals surface area contributed by atoms with E-state index in [0.29, 0.717) is 23.5 Å². The van der Waals surface area contributed by atoms with Crippen molar-refractivity contribution >= 4 is 0 Å². The van der Waals surface area contributed by atoms with Gasteiger partial charge >= 0.3 is 0 Å². The molecular formula is C21H26O2. The number of phenolic OH excluding ortho intramolecular Hbond substituents is 1. The van der Waals surface area contributed by atoms with Gasteiger partial charge in [0.05, 0.1) is 0 Å². The minimum atomic E-state index is -0.910. The summed E-state index contributed by atoms with van der Waals surface area (Å²) >= 11 is 0. The Morgan fingerprint density at radius 2 is 2.09 bits per heavy atom. The van der Waals surface area contributed by atoms with Crippen LogP contribution in [0.15, 0.2) is 18.2 Å². The van der Waals surface area contributed by atoms with E-state index in [2.05, 4.69) is 18.9 Å². The first-order chi connectivity index (χ1) is 11.0. The number of hydrogen-bond donors (Lipinski definition) is 2. The van der Waals surface area contributed by atoms with Crippen molar-refractivity contribution in [2.75, 3.05) is 0 Å². The zero-order valence-corrected chi connectivity index (χ0v) is 13.9. The van der Waals surface area contributed by atoms with Crippen LogP contribution < -0.4 is 0 Å². The maximum Gasteiger partial charge on any atom is 0.131 e. The third-order valence-corrected chi connectivity index (χ3v) is 7.43. The van der Waals surface area contributed by atoms with Crippen LogP contribution in [0.4, 0.5) is 0 Å². The van der Waals surface area contributed by atoms with E-state index in [-0.39, 0.29) is 5.41 Å². The first kappa shape index (κ1) is 15.1. The van der Waals surface area contributed by atoms with Crippen molar-refractivity contribution in [1.82, 2.24) is 0 Å². The third-order valence-electron chi connectivity index (χ3n) is 7.43. The summed E-state index contributed by atoms with van der Waals surface area (Å²) in [5.74, 6) is 4.89. The van der Waals surface area contributed by atoms with E-state index in [1.165, 1.54) is 11.1 Å². The molecule has 2 saturated carbocycles. The summed E-state index contributed by atoms with van der Waals surface area (Å²) < 4.78 is 0. The molecule has 0 spiro atoms. The summed E-state index contributed by atoms with van der Waals surface area (Å²) in [6, 6.07) is 5.90. The van der Waals surface area contributed by atoms with Crippen molar-refractivity contribution in [1.29, 1.82) is 0 Å². The van der Waals surface area contributed by atoms with Gasteiger partial charge in [0.15, 0.2) is 0 Å². The largest absolute Gasteiger partial charge is 0.508 e. The Labute approximate surface area is 138 Å². The Bertz CT molecular complexity index is 673. The van der Waals surface area contributed by atoms with E-state index in [0.717, 1.165) is 44.9 Å². The number of aliphatic hydroxyl groups is 1. The lowest BCUT2D eigenvalue weighted by Crippen LogP contribution is -2.51. The SMILES string of the molecule is C#C[C@]1(O)CC[C@H]2[C@@H]3CCc4cc(O)ccc4[C@@H]3CC[C@]21CC. The molecule has 0 aliphatic heterocycles. The lowest BCUT2D eigenvalue weighted by molar-refractivity contribution is -0.0799. The van der Waals surface area contributed by atoms with Gasteiger partial charge in [-0.25, -0.2) is 0 Å². The van der Waals surface area contributed by atoms with Crippen LogP contribution in [-0.4, -0.2) is 15.8 Å². The number of aromatic hydroxyl groups is 1. The van der Waals surface area contributed by atoms with Gasteiger partial charge in [-0.05, 0) is 86.0 Å². The van der Waals surface area contributed by atoms with Crippen LogP contribution >= 0.6 is 0 Å². The molecule has 0 saturated heterocycles. The van der Waals surface area contributed by atoms with Gasteiger partial charge in [0, 0.05) is 5.41 Å². The van der Waals surface area contributed by atoms with Crippen molar-refractivity contribution in [3.8, 4) is 18.1 Å². The van der Waals surface area contributed by atoms with Gasteiger partial charge < -0.3 is 10.2 Å². The third kappa shape index (κ3) is 1.86. The maximum absolute atomic E-state index is 11.1. The van der Waals surface area contributed by atoms with Gasteiger partial charge in [-0.1, -0.05) is 18.9 Å². The number of terminal acetylenes is 1. The number of fused-ring (bicyclic) bond motifs is 5. The Balaban J connectivity index is 1.74. The highest BCUT2D eigenvalue weighted by Gasteiger charge is 2.62. The van der Waals surface area contributed by atoms with Crippen molar-refractivity contribution in [2.45, 2.75) is 63.4 Å². The molecule has 4 rings (SSSR count). The zero-order chi connectivity index (χ0) is 16.2. The maximum atomic E-state index is 11.1. The van der Waals surface area contributed by atoms with E-state index in [9.17, 15) is 10.2 Å². The minimum absolute atomic E-state index is 0.0860. The Morgan fingerprint density at radius 1 is 1.26 bits per heavy atom. The smallest absolute Gasteiger partial charge is 0.131 e. The lowest BCUT2D eigenvalue weighted by Gasteiger charge is -2.53. The summed E-state index contributed by atoms with van der Waals surface area (Å²) in [7, 11) is 0. The fourth-order valence-corrected chi connectivity index (χ4v) is 6.35. The molecule has 0 amide bonds. The number of rotatable bonds is 1. The topological polar surface area (TPSA) is 40.5 Å². The van der Waals surface area contributed by atoms with Crippen LogP contribution in [-0.2, 0) is 6.42 Å². The van der Waals surface area contributed by atoms with E-state index in [1.54, 1.807) is 0 Å². The summed E-state index contributed by atoms with van der Waals surface area (Å²) in [5, 5.41) is 20.9. The van der Waals surface area contributed by atoms with Crippen molar-refractivity contribution in [2.24, 2.45) is 17.3 Å². The molecule has 122 valence electrons. The van der Waals surface area contributed by atoms with Crippen molar-refractivity contribution in [3.05, 3.63) is 29.3 Å². The van der Waals surface area contributed by atoms with Crippen molar-refractivity contribution < 1.29 is 10.2 Å². The molecule has 3 aliphatic carbocycles. The number of benzene rings is 1. The van der Waals surface area contributed by atoms with E-state index in [1.807, 2.05) is 12.1 Å². The lowest BCUT2D eigenvalue weighted by atomic mass is 9.52. The Hall–Kier alpha value is -1.46. The monoisotopic (exact) mass is 310 g/mol. The molecule has 0 radical (unpaired) electrons. The molecule has 0 unspecified atom stereocenters. The Kier molecular flexibility index (Phi) is 3.29. The minimum Gasteiger partial charge on any atom is -0.508 e. The highest BCUT2D eigenvalue weighted by molar-refractivity contribution is 5.40. The van der Waals surface area contributed by atoms with Crippen LogP contribution in [0.5, 0.6) is 5.75 Å². The summed E-state index contributed by atoms with van der Waals surface area (Å²) in [6.45, 7) is 2.20. The fraction of sp³-hybridized carbons (Fsp3) is 0.619. The standard InChI is InChI=1S/C21H26O2/c1-3-20-11-9-17-16-8-6-15(22)13-14(16)5-7-18(17)19(20)10-12-21(20,23)4-2/h2,6,8,13,17-19,22-23H,3,5,7,9-12H2,1H3/t17-,18+,19-,20+,21-/m0/s1.